The highest BCUT2D eigenvalue weighted by Crippen LogP contribution is 2.48. The summed E-state index contributed by atoms with van der Waals surface area (Å²) in [7, 11) is 1.71. The quantitative estimate of drug-likeness (QED) is 0.326. The fourth-order valence-corrected chi connectivity index (χ4v) is 10.6. The third-order valence-electron chi connectivity index (χ3n) is 14.2. The molecule has 6 heterocycles. The molecular weight excluding hydrogens is 784 g/mol. The van der Waals surface area contributed by atoms with Crippen LogP contribution in [0.1, 0.15) is 75.7 Å². The number of nitrogens with one attached hydrogen (secondary N) is 1. The van der Waals surface area contributed by atoms with Gasteiger partial charge in [0.15, 0.2) is 0 Å². The molecule has 312 valence electrons. The summed E-state index contributed by atoms with van der Waals surface area (Å²) in [6, 6.07) is 20.5. The number of fused-ring (bicyclic) bond motifs is 1. The maximum atomic E-state index is 13.6. The van der Waals surface area contributed by atoms with Crippen LogP contribution >= 0.6 is 11.6 Å². The summed E-state index contributed by atoms with van der Waals surface area (Å²) in [6.45, 7) is 9.78. The summed E-state index contributed by atoms with van der Waals surface area (Å²) in [5.41, 5.74) is 4.52. The van der Waals surface area contributed by atoms with Crippen molar-refractivity contribution in [2.24, 2.45) is 5.41 Å². The van der Waals surface area contributed by atoms with Crippen LogP contribution in [0.5, 0.6) is 0 Å². The SMILES string of the molecule is COC1(CN2CCN(C(=O)c3ccc(N4CCC5(CC4)CCN(c4ccc(C#N)c(Cl)c4)C5C)cc3)CC2)CN(c2ccc3c(c2)C(=O)N(C2CCC(=O)NC2=O)C3=O)C1. The number of methoxy groups -OCH3 is 1. The second kappa shape index (κ2) is 15.5. The topological polar surface area (TPSA) is 150 Å². The average molecular weight is 833 g/mol. The van der Waals surface area contributed by atoms with E-state index in [1.165, 1.54) is 0 Å². The van der Waals surface area contributed by atoms with Gasteiger partial charge in [-0.15, -0.1) is 0 Å². The van der Waals surface area contributed by atoms with E-state index < -0.39 is 35.3 Å². The first-order valence-corrected chi connectivity index (χ1v) is 21.3. The molecule has 2 unspecified atom stereocenters. The summed E-state index contributed by atoms with van der Waals surface area (Å²) in [4.78, 5) is 76.5. The molecule has 1 N–H and O–H groups in total. The van der Waals surface area contributed by atoms with Crippen molar-refractivity contribution in [1.82, 2.24) is 20.0 Å². The van der Waals surface area contributed by atoms with Crippen LogP contribution in [0.25, 0.3) is 0 Å². The normalized spacial score (nSPS) is 23.8. The van der Waals surface area contributed by atoms with E-state index in [4.69, 9.17) is 16.3 Å². The third-order valence-corrected chi connectivity index (χ3v) is 14.5. The van der Waals surface area contributed by atoms with Gasteiger partial charge in [0.05, 0.1) is 34.8 Å². The number of anilines is 3. The lowest BCUT2D eigenvalue weighted by Crippen LogP contribution is -2.68. The maximum absolute atomic E-state index is 13.6. The van der Waals surface area contributed by atoms with Gasteiger partial charge in [-0.2, -0.15) is 5.26 Å². The van der Waals surface area contributed by atoms with Gasteiger partial charge in [0.1, 0.15) is 17.7 Å². The molecule has 5 fully saturated rings. The number of rotatable bonds is 8. The number of piperazine rings is 1. The molecule has 3 aromatic carbocycles. The predicted molar refractivity (Wildman–Crippen MR) is 225 cm³/mol. The highest BCUT2D eigenvalue weighted by atomic mass is 35.5. The van der Waals surface area contributed by atoms with Gasteiger partial charge in [0.25, 0.3) is 17.7 Å². The lowest BCUT2D eigenvalue weighted by molar-refractivity contribution is -0.136. The Morgan fingerprint density at radius 2 is 1.50 bits per heavy atom. The molecule has 0 bridgehead atoms. The second-order valence-corrected chi connectivity index (χ2v) is 17.7. The molecule has 0 aromatic heterocycles. The van der Waals surface area contributed by atoms with E-state index in [9.17, 15) is 29.2 Å². The highest BCUT2D eigenvalue weighted by Gasteiger charge is 2.49. The number of imide groups is 2. The van der Waals surface area contributed by atoms with E-state index in [1.807, 2.05) is 41.3 Å². The Morgan fingerprint density at radius 3 is 2.17 bits per heavy atom. The molecule has 2 atom stereocenters. The number of halogens is 1. The van der Waals surface area contributed by atoms with Gasteiger partial charge in [0, 0.05) is 94.6 Å². The monoisotopic (exact) mass is 832 g/mol. The van der Waals surface area contributed by atoms with Crippen molar-refractivity contribution in [2.75, 3.05) is 87.3 Å². The molecule has 3 aromatic rings. The largest absolute Gasteiger partial charge is 0.373 e. The Bertz CT molecular complexity index is 2290. The fourth-order valence-electron chi connectivity index (χ4n) is 10.4. The summed E-state index contributed by atoms with van der Waals surface area (Å²) < 4.78 is 6.06. The molecule has 0 radical (unpaired) electrons. The van der Waals surface area contributed by atoms with E-state index in [0.29, 0.717) is 54.9 Å². The van der Waals surface area contributed by atoms with Crippen molar-refractivity contribution in [2.45, 2.75) is 56.7 Å². The van der Waals surface area contributed by atoms with Gasteiger partial charge in [0.2, 0.25) is 11.8 Å². The fraction of sp³-hybridized carbons (Fsp3) is 0.467. The molecular formula is C45H49ClN8O6. The molecule has 0 saturated carbocycles. The van der Waals surface area contributed by atoms with Crippen molar-refractivity contribution >= 4 is 58.2 Å². The van der Waals surface area contributed by atoms with Gasteiger partial charge in [-0.05, 0) is 98.7 Å². The number of carbonyl (C=O) groups is 5. The molecule has 6 aliphatic rings. The summed E-state index contributed by atoms with van der Waals surface area (Å²) in [6.07, 6.45) is 3.49. The summed E-state index contributed by atoms with van der Waals surface area (Å²) >= 11 is 6.38. The first-order chi connectivity index (χ1) is 28.9. The zero-order chi connectivity index (χ0) is 41.9. The number of nitrogens with zero attached hydrogens (tertiary/aromatic N) is 7. The molecule has 14 nitrogen and oxygen atoms in total. The molecule has 15 heteroatoms. The van der Waals surface area contributed by atoms with Crippen molar-refractivity contribution < 1.29 is 28.7 Å². The van der Waals surface area contributed by atoms with Crippen molar-refractivity contribution in [3.05, 3.63) is 87.9 Å². The maximum Gasteiger partial charge on any atom is 0.262 e. The Hall–Kier alpha value is -5.49. The number of carbonyl (C=O) groups excluding carboxylic acids is 5. The molecule has 5 amide bonds. The Kier molecular flexibility index (Phi) is 10.3. The van der Waals surface area contributed by atoms with Gasteiger partial charge in [-0.3, -0.25) is 39.1 Å². The van der Waals surface area contributed by atoms with Crippen molar-refractivity contribution in [3.63, 3.8) is 0 Å². The van der Waals surface area contributed by atoms with E-state index in [1.54, 1.807) is 19.2 Å². The molecule has 60 heavy (non-hydrogen) atoms. The number of piperidine rings is 2. The Labute approximate surface area is 354 Å². The van der Waals surface area contributed by atoms with Crippen LogP contribution in [0.4, 0.5) is 17.1 Å². The zero-order valence-corrected chi connectivity index (χ0v) is 34.7. The van der Waals surface area contributed by atoms with Crippen LogP contribution in [0, 0.1) is 16.7 Å². The lowest BCUT2D eigenvalue weighted by atomic mass is 9.73. The first-order valence-electron chi connectivity index (χ1n) is 20.9. The first kappa shape index (κ1) is 39.9. The lowest BCUT2D eigenvalue weighted by Gasteiger charge is -2.52. The number of hydrogen-bond donors (Lipinski definition) is 1. The van der Waals surface area contributed by atoms with Crippen LogP contribution in [0.15, 0.2) is 60.7 Å². The third kappa shape index (κ3) is 6.96. The van der Waals surface area contributed by atoms with Gasteiger partial charge in [-0.25, -0.2) is 0 Å². The zero-order valence-electron chi connectivity index (χ0n) is 34.0. The van der Waals surface area contributed by atoms with Crippen LogP contribution in [0.3, 0.4) is 0 Å². The number of amides is 5. The molecule has 5 saturated heterocycles. The molecule has 6 aliphatic heterocycles. The van der Waals surface area contributed by atoms with E-state index in [2.05, 4.69) is 50.0 Å². The van der Waals surface area contributed by atoms with Crippen LogP contribution in [-0.4, -0.2) is 134 Å². The number of nitriles is 1. The van der Waals surface area contributed by atoms with E-state index >= 15 is 0 Å². The minimum absolute atomic E-state index is 0.0404. The number of benzene rings is 3. The van der Waals surface area contributed by atoms with Gasteiger partial charge >= 0.3 is 0 Å². The average Bonchev–Trinajstić information content (AvgIpc) is 3.69. The van der Waals surface area contributed by atoms with Gasteiger partial charge < -0.3 is 24.3 Å². The van der Waals surface area contributed by atoms with Crippen molar-refractivity contribution in [1.29, 1.82) is 5.26 Å². The van der Waals surface area contributed by atoms with Gasteiger partial charge in [-0.1, -0.05) is 11.6 Å². The molecule has 1 spiro atoms. The molecule has 0 aliphatic carbocycles. The highest BCUT2D eigenvalue weighted by molar-refractivity contribution is 6.32. The van der Waals surface area contributed by atoms with Crippen LogP contribution in [-0.2, 0) is 14.3 Å². The van der Waals surface area contributed by atoms with Crippen LogP contribution in [0.2, 0.25) is 5.02 Å². The number of hydrogen-bond acceptors (Lipinski definition) is 11. The van der Waals surface area contributed by atoms with E-state index in [-0.39, 0.29) is 35.3 Å². The number of ether oxygens (including phenoxy) is 1. The van der Waals surface area contributed by atoms with Crippen LogP contribution < -0.4 is 20.0 Å². The minimum atomic E-state index is -1.00. The smallest absolute Gasteiger partial charge is 0.262 e. The Balaban J connectivity index is 0.746. The van der Waals surface area contributed by atoms with Crippen molar-refractivity contribution in [3.8, 4) is 6.07 Å². The van der Waals surface area contributed by atoms with E-state index in [0.717, 1.165) is 73.9 Å². The Morgan fingerprint density at radius 1 is 0.833 bits per heavy atom. The predicted octanol–water partition coefficient (Wildman–Crippen LogP) is 4.16. The second-order valence-electron chi connectivity index (χ2n) is 17.3. The summed E-state index contributed by atoms with van der Waals surface area (Å²) in [5.74, 6) is -2.04. The standard InChI is InChI=1S/C45H49ClN8O6/c1-29-44(15-18-53(29)34-8-5-31(25-47)37(46)24-34)13-16-50(17-14-44)32-6-3-30(4-7-32)41(57)51-21-19-49(20-22-51)26-45(60-2)27-52(28-45)33-9-10-35-36(23-33)43(59)54(42(35)58)38-11-12-39(55)48-40(38)56/h3-10,23-24,29,38H,11-22,26-28H2,1-2H3,(H,48,55,56). The molecule has 9 rings (SSSR count). The summed E-state index contributed by atoms with van der Waals surface area (Å²) in [5, 5.41) is 12.0. The minimum Gasteiger partial charge on any atom is -0.373 e.